The van der Waals surface area contributed by atoms with Crippen molar-refractivity contribution in [3.05, 3.63) is 0 Å². The zero-order valence-corrected chi connectivity index (χ0v) is 11.3. The van der Waals surface area contributed by atoms with Crippen LogP contribution in [0.25, 0.3) is 0 Å². The standard InChI is InChI=1S/C12H24N2O3/c1-8(2)9(15)6-13-10(16)7-14-11(17)12(3,4)5/h8-9,15H,6-7H2,1-5H3,(H,13,16)(H,14,17). The first-order valence-electron chi connectivity index (χ1n) is 5.87. The molecule has 0 aliphatic heterocycles. The first-order valence-corrected chi connectivity index (χ1v) is 5.87. The van der Waals surface area contributed by atoms with Crippen LogP contribution >= 0.6 is 0 Å². The maximum Gasteiger partial charge on any atom is 0.239 e. The summed E-state index contributed by atoms with van der Waals surface area (Å²) in [7, 11) is 0. The molecule has 5 heteroatoms. The molecule has 0 radical (unpaired) electrons. The van der Waals surface area contributed by atoms with Crippen LogP contribution in [0.1, 0.15) is 34.6 Å². The minimum Gasteiger partial charge on any atom is -0.391 e. The number of carbonyl (C=O) groups is 2. The topological polar surface area (TPSA) is 78.4 Å². The molecule has 1 atom stereocenters. The fourth-order valence-electron chi connectivity index (χ4n) is 0.942. The number of amides is 2. The first-order chi connectivity index (χ1) is 7.64. The van der Waals surface area contributed by atoms with Crippen molar-refractivity contribution < 1.29 is 14.7 Å². The van der Waals surface area contributed by atoms with E-state index in [4.69, 9.17) is 0 Å². The summed E-state index contributed by atoms with van der Waals surface area (Å²) in [6, 6.07) is 0. The maximum absolute atomic E-state index is 11.5. The second-order valence-corrected chi connectivity index (χ2v) is 5.55. The van der Waals surface area contributed by atoms with Gasteiger partial charge in [-0.1, -0.05) is 34.6 Å². The Balaban J connectivity index is 3.86. The Labute approximate surface area is 103 Å². The SMILES string of the molecule is CC(C)C(O)CNC(=O)CNC(=O)C(C)(C)C. The van der Waals surface area contributed by atoms with Gasteiger partial charge in [0.05, 0.1) is 12.6 Å². The van der Waals surface area contributed by atoms with E-state index in [-0.39, 0.29) is 30.8 Å². The minimum atomic E-state index is -0.558. The molecule has 0 aliphatic carbocycles. The highest BCUT2D eigenvalue weighted by atomic mass is 16.3. The smallest absolute Gasteiger partial charge is 0.239 e. The highest BCUT2D eigenvalue weighted by molar-refractivity contribution is 5.87. The van der Waals surface area contributed by atoms with Crippen LogP contribution in [-0.2, 0) is 9.59 Å². The Kier molecular flexibility index (Phi) is 6.16. The Morgan fingerprint density at radius 2 is 1.71 bits per heavy atom. The Hall–Kier alpha value is -1.10. The van der Waals surface area contributed by atoms with Crippen molar-refractivity contribution in [3.63, 3.8) is 0 Å². The molecular weight excluding hydrogens is 220 g/mol. The lowest BCUT2D eigenvalue weighted by atomic mass is 9.96. The Bertz CT molecular complexity index is 269. The van der Waals surface area contributed by atoms with E-state index < -0.39 is 11.5 Å². The molecule has 0 fully saturated rings. The van der Waals surface area contributed by atoms with Gasteiger partial charge < -0.3 is 15.7 Å². The monoisotopic (exact) mass is 244 g/mol. The van der Waals surface area contributed by atoms with Crippen LogP contribution in [0.4, 0.5) is 0 Å². The van der Waals surface area contributed by atoms with Crippen LogP contribution in [0.5, 0.6) is 0 Å². The number of rotatable bonds is 5. The molecule has 2 amide bonds. The van der Waals surface area contributed by atoms with Crippen molar-refractivity contribution in [3.8, 4) is 0 Å². The number of aliphatic hydroxyl groups excluding tert-OH is 1. The van der Waals surface area contributed by atoms with Crippen LogP contribution in [0.15, 0.2) is 0 Å². The first kappa shape index (κ1) is 15.9. The van der Waals surface area contributed by atoms with Crippen LogP contribution in [-0.4, -0.2) is 36.1 Å². The van der Waals surface area contributed by atoms with Crippen LogP contribution in [0.2, 0.25) is 0 Å². The van der Waals surface area contributed by atoms with Crippen molar-refractivity contribution in [1.82, 2.24) is 10.6 Å². The molecular formula is C12H24N2O3. The van der Waals surface area contributed by atoms with Crippen molar-refractivity contribution in [2.75, 3.05) is 13.1 Å². The average Bonchev–Trinajstić information content (AvgIpc) is 2.20. The van der Waals surface area contributed by atoms with Crippen LogP contribution in [0, 0.1) is 11.3 Å². The van der Waals surface area contributed by atoms with Gasteiger partial charge in [0.25, 0.3) is 0 Å². The molecule has 5 nitrogen and oxygen atoms in total. The Morgan fingerprint density at radius 3 is 2.12 bits per heavy atom. The van der Waals surface area contributed by atoms with E-state index in [0.29, 0.717) is 0 Å². The lowest BCUT2D eigenvalue weighted by Crippen LogP contribution is -2.43. The van der Waals surface area contributed by atoms with Crippen LogP contribution < -0.4 is 10.6 Å². The third kappa shape index (κ3) is 6.94. The molecule has 100 valence electrons. The van der Waals surface area contributed by atoms with E-state index in [1.807, 2.05) is 13.8 Å². The van der Waals surface area contributed by atoms with E-state index in [0.717, 1.165) is 0 Å². The van der Waals surface area contributed by atoms with E-state index >= 15 is 0 Å². The van der Waals surface area contributed by atoms with Gasteiger partial charge in [-0.3, -0.25) is 9.59 Å². The molecule has 1 unspecified atom stereocenters. The number of aliphatic hydroxyl groups is 1. The fraction of sp³-hybridized carbons (Fsp3) is 0.833. The predicted octanol–water partition coefficient (Wildman–Crippen LogP) is 0.282. The summed E-state index contributed by atoms with van der Waals surface area (Å²) in [5, 5.41) is 14.6. The van der Waals surface area contributed by atoms with Crippen molar-refractivity contribution in [1.29, 1.82) is 0 Å². The van der Waals surface area contributed by atoms with Gasteiger partial charge in [-0.15, -0.1) is 0 Å². The quantitative estimate of drug-likeness (QED) is 0.650. The number of hydrogen-bond acceptors (Lipinski definition) is 3. The molecule has 0 bridgehead atoms. The molecule has 0 aromatic heterocycles. The zero-order chi connectivity index (χ0) is 13.6. The third-order valence-corrected chi connectivity index (χ3v) is 2.37. The van der Waals surface area contributed by atoms with Crippen molar-refractivity contribution in [2.24, 2.45) is 11.3 Å². The number of hydrogen-bond donors (Lipinski definition) is 3. The van der Waals surface area contributed by atoms with Crippen molar-refractivity contribution >= 4 is 11.8 Å². The van der Waals surface area contributed by atoms with E-state index in [9.17, 15) is 14.7 Å². The van der Waals surface area contributed by atoms with Gasteiger partial charge in [-0.05, 0) is 5.92 Å². The highest BCUT2D eigenvalue weighted by Crippen LogP contribution is 2.11. The minimum absolute atomic E-state index is 0.0546. The van der Waals surface area contributed by atoms with Crippen molar-refractivity contribution in [2.45, 2.75) is 40.7 Å². The molecule has 0 rings (SSSR count). The maximum atomic E-state index is 11.5. The molecule has 17 heavy (non-hydrogen) atoms. The summed E-state index contributed by atoms with van der Waals surface area (Å²) in [5.74, 6) is -0.362. The normalized spacial score (nSPS) is 13.4. The molecule has 0 aliphatic rings. The average molecular weight is 244 g/mol. The van der Waals surface area contributed by atoms with Gasteiger partial charge in [0, 0.05) is 12.0 Å². The second-order valence-electron chi connectivity index (χ2n) is 5.55. The Morgan fingerprint density at radius 1 is 1.18 bits per heavy atom. The molecule has 0 aromatic rings. The second kappa shape index (κ2) is 6.59. The van der Waals surface area contributed by atoms with Gasteiger partial charge in [-0.25, -0.2) is 0 Å². The summed E-state index contributed by atoms with van der Waals surface area (Å²) < 4.78 is 0. The molecule has 0 aromatic carbocycles. The molecule has 0 saturated carbocycles. The summed E-state index contributed by atoms with van der Waals surface area (Å²) >= 11 is 0. The largest absolute Gasteiger partial charge is 0.391 e. The predicted molar refractivity (Wildman–Crippen MR) is 66.3 cm³/mol. The number of carbonyl (C=O) groups excluding carboxylic acids is 2. The zero-order valence-electron chi connectivity index (χ0n) is 11.3. The lowest BCUT2D eigenvalue weighted by molar-refractivity contribution is -0.131. The van der Waals surface area contributed by atoms with Gasteiger partial charge in [-0.2, -0.15) is 0 Å². The van der Waals surface area contributed by atoms with E-state index in [1.54, 1.807) is 20.8 Å². The fourth-order valence-corrected chi connectivity index (χ4v) is 0.942. The molecule has 0 spiro atoms. The van der Waals surface area contributed by atoms with Crippen LogP contribution in [0.3, 0.4) is 0 Å². The third-order valence-electron chi connectivity index (χ3n) is 2.37. The molecule has 0 saturated heterocycles. The summed E-state index contributed by atoms with van der Waals surface area (Å²) in [6.07, 6.45) is -0.558. The van der Waals surface area contributed by atoms with Gasteiger partial charge in [0.15, 0.2) is 0 Å². The summed E-state index contributed by atoms with van der Waals surface area (Å²) in [6.45, 7) is 9.24. The highest BCUT2D eigenvalue weighted by Gasteiger charge is 2.21. The lowest BCUT2D eigenvalue weighted by Gasteiger charge is -2.18. The van der Waals surface area contributed by atoms with E-state index in [2.05, 4.69) is 10.6 Å². The van der Waals surface area contributed by atoms with Gasteiger partial charge >= 0.3 is 0 Å². The summed E-state index contributed by atoms with van der Waals surface area (Å²) in [4.78, 5) is 22.8. The molecule has 0 heterocycles. The summed E-state index contributed by atoms with van der Waals surface area (Å²) in [5.41, 5.74) is -0.502. The van der Waals surface area contributed by atoms with E-state index in [1.165, 1.54) is 0 Å². The van der Waals surface area contributed by atoms with Gasteiger partial charge in [0.2, 0.25) is 11.8 Å². The van der Waals surface area contributed by atoms with Gasteiger partial charge in [0.1, 0.15) is 0 Å². The molecule has 3 N–H and O–H groups in total. The number of nitrogens with one attached hydrogen (secondary N) is 2.